The molecule has 5 nitrogen and oxygen atoms in total. The molecular weight excluding hydrogens is 618 g/mol. The van der Waals surface area contributed by atoms with E-state index in [0.29, 0.717) is 12.8 Å². The van der Waals surface area contributed by atoms with Gasteiger partial charge in [0.25, 0.3) is 0 Å². The molecule has 3 atom stereocenters. The van der Waals surface area contributed by atoms with Crippen LogP contribution in [0.4, 0.5) is 0 Å². The van der Waals surface area contributed by atoms with Crippen molar-refractivity contribution < 1.29 is 20.1 Å². The van der Waals surface area contributed by atoms with Crippen LogP contribution in [-0.4, -0.2) is 46.1 Å². The molecule has 0 radical (unpaired) electrons. The molecule has 0 saturated carbocycles. The number of allylic oxidation sites excluding steroid dienone is 2. The van der Waals surface area contributed by atoms with Crippen molar-refractivity contribution in [1.82, 2.24) is 5.32 Å². The van der Waals surface area contributed by atoms with E-state index >= 15 is 0 Å². The average Bonchev–Trinajstić information content (AvgIpc) is 3.11. The van der Waals surface area contributed by atoms with Gasteiger partial charge in [-0.15, -0.1) is 0 Å². The van der Waals surface area contributed by atoms with Crippen LogP contribution in [0.3, 0.4) is 0 Å². The molecule has 3 unspecified atom stereocenters. The Morgan fingerprint density at radius 3 is 1.16 bits per heavy atom. The first-order chi connectivity index (χ1) is 24.5. The fourth-order valence-corrected chi connectivity index (χ4v) is 7.11. The fraction of sp³-hybridized carbons (Fsp3) is 0.933. The van der Waals surface area contributed by atoms with Crippen molar-refractivity contribution in [2.45, 2.75) is 263 Å². The summed E-state index contributed by atoms with van der Waals surface area (Å²) >= 11 is 0. The first kappa shape index (κ1) is 49.1. The second-order valence-electron chi connectivity index (χ2n) is 15.7. The van der Waals surface area contributed by atoms with Crippen LogP contribution in [0.25, 0.3) is 0 Å². The molecule has 50 heavy (non-hydrogen) atoms. The SMILES string of the molecule is CCCCCCCC/C=C\CCCCCCCC(O)CC(=O)NC(CO)C(O)CCCCCCCCCCCCCCCCCCCCCC. The maximum Gasteiger partial charge on any atom is 0.222 e. The van der Waals surface area contributed by atoms with Gasteiger partial charge in [-0.05, 0) is 38.5 Å². The van der Waals surface area contributed by atoms with Crippen molar-refractivity contribution in [3.05, 3.63) is 12.2 Å². The van der Waals surface area contributed by atoms with E-state index in [1.807, 2.05) is 0 Å². The average molecular weight is 708 g/mol. The Bertz CT molecular complexity index is 699. The molecule has 5 heteroatoms. The van der Waals surface area contributed by atoms with Crippen molar-refractivity contribution in [2.75, 3.05) is 6.61 Å². The number of rotatable bonds is 41. The molecule has 0 rings (SSSR count). The van der Waals surface area contributed by atoms with E-state index in [1.165, 1.54) is 180 Å². The van der Waals surface area contributed by atoms with Crippen LogP contribution in [-0.2, 0) is 4.79 Å². The number of hydrogen-bond acceptors (Lipinski definition) is 4. The largest absolute Gasteiger partial charge is 0.394 e. The van der Waals surface area contributed by atoms with Gasteiger partial charge in [0.2, 0.25) is 5.91 Å². The number of amides is 1. The minimum atomic E-state index is -0.748. The Labute approximate surface area is 312 Å². The number of nitrogens with one attached hydrogen (secondary N) is 1. The van der Waals surface area contributed by atoms with Gasteiger partial charge in [0.1, 0.15) is 0 Å². The zero-order valence-electron chi connectivity index (χ0n) is 33.8. The zero-order valence-corrected chi connectivity index (χ0v) is 33.8. The second-order valence-corrected chi connectivity index (χ2v) is 15.7. The van der Waals surface area contributed by atoms with Gasteiger partial charge >= 0.3 is 0 Å². The van der Waals surface area contributed by atoms with Gasteiger partial charge in [-0.3, -0.25) is 4.79 Å². The van der Waals surface area contributed by atoms with Crippen molar-refractivity contribution in [3.63, 3.8) is 0 Å². The smallest absolute Gasteiger partial charge is 0.222 e. The third kappa shape index (κ3) is 36.9. The quantitative estimate of drug-likeness (QED) is 0.0376. The molecule has 0 aliphatic rings. The summed E-state index contributed by atoms with van der Waals surface area (Å²) in [5, 5.41) is 33.4. The van der Waals surface area contributed by atoms with Gasteiger partial charge in [0.05, 0.1) is 31.3 Å². The number of carbonyl (C=O) groups is 1. The van der Waals surface area contributed by atoms with E-state index in [-0.39, 0.29) is 18.9 Å². The molecule has 4 N–H and O–H groups in total. The lowest BCUT2D eigenvalue weighted by atomic mass is 10.0. The third-order valence-corrected chi connectivity index (χ3v) is 10.6. The van der Waals surface area contributed by atoms with E-state index in [0.717, 1.165) is 32.1 Å². The van der Waals surface area contributed by atoms with Crippen LogP contribution < -0.4 is 5.32 Å². The van der Waals surface area contributed by atoms with Crippen LogP contribution in [0.15, 0.2) is 12.2 Å². The predicted octanol–water partition coefficient (Wildman–Crippen LogP) is 12.8. The fourth-order valence-electron chi connectivity index (χ4n) is 7.11. The summed E-state index contributed by atoms with van der Waals surface area (Å²) in [4.78, 5) is 12.4. The molecule has 0 saturated heterocycles. The summed E-state index contributed by atoms with van der Waals surface area (Å²) in [6.45, 7) is 4.27. The number of aliphatic hydroxyl groups is 3. The van der Waals surface area contributed by atoms with Crippen molar-refractivity contribution in [3.8, 4) is 0 Å². The highest BCUT2D eigenvalue weighted by Gasteiger charge is 2.21. The van der Waals surface area contributed by atoms with E-state index in [4.69, 9.17) is 0 Å². The second kappa shape index (κ2) is 40.9. The summed E-state index contributed by atoms with van der Waals surface area (Å²) in [5.41, 5.74) is 0. The van der Waals surface area contributed by atoms with Crippen LogP contribution in [0.5, 0.6) is 0 Å². The molecule has 0 bridgehead atoms. The number of hydrogen-bond donors (Lipinski definition) is 4. The van der Waals surface area contributed by atoms with Crippen molar-refractivity contribution in [1.29, 1.82) is 0 Å². The van der Waals surface area contributed by atoms with E-state index in [9.17, 15) is 20.1 Å². The molecule has 0 spiro atoms. The molecule has 298 valence electrons. The summed E-state index contributed by atoms with van der Waals surface area (Å²) in [5.74, 6) is -0.285. The molecular formula is C45H89NO4. The van der Waals surface area contributed by atoms with Gasteiger partial charge < -0.3 is 20.6 Å². The lowest BCUT2D eigenvalue weighted by Gasteiger charge is -2.23. The monoisotopic (exact) mass is 708 g/mol. The predicted molar refractivity (Wildman–Crippen MR) is 218 cm³/mol. The molecule has 0 aliphatic heterocycles. The standard InChI is InChI=1S/C45H89NO4/c1-3-5-7-9-11-13-15-17-19-20-21-22-23-25-27-29-31-33-35-37-39-44(49)43(41-47)46-45(50)40-42(48)38-36-34-32-30-28-26-24-18-16-14-12-10-8-6-4-2/h18,24,42-44,47-49H,3-17,19-23,25-41H2,1-2H3,(H,46,50)/b24-18-. The molecule has 0 aliphatic carbocycles. The zero-order chi connectivity index (χ0) is 36.6. The Kier molecular flexibility index (Phi) is 40.1. The first-order valence-corrected chi connectivity index (χ1v) is 22.5. The molecule has 0 aromatic heterocycles. The Balaban J connectivity index is 3.60. The summed E-state index contributed by atoms with van der Waals surface area (Å²) in [6.07, 6.45) is 47.5. The summed E-state index contributed by atoms with van der Waals surface area (Å²) in [6, 6.07) is -0.658. The Morgan fingerprint density at radius 2 is 0.800 bits per heavy atom. The number of unbranched alkanes of at least 4 members (excludes halogenated alkanes) is 30. The topological polar surface area (TPSA) is 89.8 Å². The Hall–Kier alpha value is -0.910. The highest BCUT2D eigenvalue weighted by Crippen LogP contribution is 2.16. The maximum absolute atomic E-state index is 12.4. The molecule has 0 heterocycles. The highest BCUT2D eigenvalue weighted by atomic mass is 16.3. The highest BCUT2D eigenvalue weighted by molar-refractivity contribution is 5.76. The molecule has 1 amide bonds. The van der Waals surface area contributed by atoms with Gasteiger partial charge in [0.15, 0.2) is 0 Å². The maximum atomic E-state index is 12.4. The molecule has 0 aromatic rings. The van der Waals surface area contributed by atoms with Crippen molar-refractivity contribution >= 4 is 5.91 Å². The summed E-state index contributed by atoms with van der Waals surface area (Å²) in [7, 11) is 0. The van der Waals surface area contributed by atoms with Crippen LogP contribution >= 0.6 is 0 Å². The van der Waals surface area contributed by atoms with Gasteiger partial charge in [-0.1, -0.05) is 212 Å². The van der Waals surface area contributed by atoms with Crippen molar-refractivity contribution in [2.24, 2.45) is 0 Å². The number of aliphatic hydroxyl groups excluding tert-OH is 3. The lowest BCUT2D eigenvalue weighted by molar-refractivity contribution is -0.125. The lowest BCUT2D eigenvalue weighted by Crippen LogP contribution is -2.46. The normalized spacial score (nSPS) is 13.6. The van der Waals surface area contributed by atoms with Crippen LogP contribution in [0.1, 0.15) is 245 Å². The van der Waals surface area contributed by atoms with E-state index in [1.54, 1.807) is 0 Å². The molecule has 0 fully saturated rings. The minimum absolute atomic E-state index is 0.0337. The van der Waals surface area contributed by atoms with Gasteiger partial charge in [0, 0.05) is 0 Å². The third-order valence-electron chi connectivity index (χ3n) is 10.6. The van der Waals surface area contributed by atoms with E-state index in [2.05, 4.69) is 31.3 Å². The van der Waals surface area contributed by atoms with Crippen LogP contribution in [0, 0.1) is 0 Å². The Morgan fingerprint density at radius 1 is 0.480 bits per heavy atom. The summed E-state index contributed by atoms with van der Waals surface area (Å²) < 4.78 is 0. The minimum Gasteiger partial charge on any atom is -0.394 e. The van der Waals surface area contributed by atoms with Gasteiger partial charge in [-0.25, -0.2) is 0 Å². The van der Waals surface area contributed by atoms with Gasteiger partial charge in [-0.2, -0.15) is 0 Å². The van der Waals surface area contributed by atoms with Crippen LogP contribution in [0.2, 0.25) is 0 Å². The van der Waals surface area contributed by atoms with E-state index < -0.39 is 18.2 Å². The number of carbonyl (C=O) groups excluding carboxylic acids is 1. The molecule has 0 aromatic carbocycles. The first-order valence-electron chi connectivity index (χ1n) is 22.5.